The van der Waals surface area contributed by atoms with Crippen LogP contribution in [0.4, 0.5) is 5.69 Å². The van der Waals surface area contributed by atoms with Crippen LogP contribution in [0, 0.1) is 0 Å². The first-order chi connectivity index (χ1) is 16.6. The number of sulfonamides is 1. The highest BCUT2D eigenvalue weighted by Crippen LogP contribution is 2.36. The second-order valence-corrected chi connectivity index (χ2v) is 11.0. The zero-order valence-corrected chi connectivity index (χ0v) is 21.2. The average Bonchev–Trinajstić information content (AvgIpc) is 3.12. The Balaban J connectivity index is 1.75. The summed E-state index contributed by atoms with van der Waals surface area (Å²) >= 11 is 0. The lowest BCUT2D eigenvalue weighted by Crippen LogP contribution is -2.55. The molecule has 1 heterocycles. The predicted molar refractivity (Wildman–Crippen MR) is 136 cm³/mol. The standard InChI is InChI=1S/C27H30N2O5S/c1-5-27(3,4)29(35(32,33)23-16-11-19-9-7-8-10-20(19)17-23)24-18-25(30)28(26(24)31)21-12-14-22(15-13-21)34-6-2/h7-17,24H,5-6,18H2,1-4H3. The van der Waals surface area contributed by atoms with Gasteiger partial charge in [0.05, 0.1) is 23.6 Å². The summed E-state index contributed by atoms with van der Waals surface area (Å²) in [5, 5.41) is 1.70. The van der Waals surface area contributed by atoms with Crippen molar-refractivity contribution in [3.63, 3.8) is 0 Å². The van der Waals surface area contributed by atoms with Gasteiger partial charge in [0.1, 0.15) is 11.8 Å². The van der Waals surface area contributed by atoms with Crippen LogP contribution in [0.25, 0.3) is 10.8 Å². The smallest absolute Gasteiger partial charge is 0.252 e. The second kappa shape index (κ2) is 9.43. The van der Waals surface area contributed by atoms with Crippen LogP contribution >= 0.6 is 0 Å². The van der Waals surface area contributed by atoms with Crippen LogP contribution in [0.1, 0.15) is 40.5 Å². The molecule has 0 aromatic heterocycles. The minimum Gasteiger partial charge on any atom is -0.494 e. The lowest BCUT2D eigenvalue weighted by molar-refractivity contribution is -0.122. The highest BCUT2D eigenvalue weighted by atomic mass is 32.2. The first-order valence-electron chi connectivity index (χ1n) is 11.7. The summed E-state index contributed by atoms with van der Waals surface area (Å²) in [6.07, 6.45) is 0.239. The molecule has 184 valence electrons. The van der Waals surface area contributed by atoms with Gasteiger partial charge in [-0.1, -0.05) is 37.3 Å². The van der Waals surface area contributed by atoms with Crippen molar-refractivity contribution in [3.8, 4) is 5.75 Å². The van der Waals surface area contributed by atoms with Gasteiger partial charge in [-0.3, -0.25) is 9.59 Å². The van der Waals surface area contributed by atoms with Crippen LogP contribution in [0.2, 0.25) is 0 Å². The lowest BCUT2D eigenvalue weighted by atomic mass is 10.00. The lowest BCUT2D eigenvalue weighted by Gasteiger charge is -2.39. The van der Waals surface area contributed by atoms with E-state index in [0.717, 1.165) is 15.7 Å². The van der Waals surface area contributed by atoms with E-state index in [9.17, 15) is 18.0 Å². The third kappa shape index (κ3) is 4.56. The van der Waals surface area contributed by atoms with Gasteiger partial charge in [0, 0.05) is 5.54 Å². The molecule has 8 heteroatoms. The molecule has 1 fully saturated rings. The molecule has 35 heavy (non-hydrogen) atoms. The Kier molecular flexibility index (Phi) is 6.71. The van der Waals surface area contributed by atoms with E-state index >= 15 is 0 Å². The quantitative estimate of drug-likeness (QED) is 0.422. The summed E-state index contributed by atoms with van der Waals surface area (Å²) in [6.45, 7) is 7.79. The molecule has 1 saturated heterocycles. The summed E-state index contributed by atoms with van der Waals surface area (Å²) < 4.78 is 34.7. The number of carbonyl (C=O) groups excluding carboxylic acids is 2. The maximum absolute atomic E-state index is 14.0. The molecule has 3 aromatic rings. The Hall–Kier alpha value is -3.23. The highest BCUT2D eigenvalue weighted by molar-refractivity contribution is 7.89. The first kappa shape index (κ1) is 24.9. The molecule has 4 rings (SSSR count). The molecular weight excluding hydrogens is 464 g/mol. The SMILES string of the molecule is CCOc1ccc(N2C(=O)CC(N(C(C)(C)CC)S(=O)(=O)c3ccc4ccccc4c3)C2=O)cc1. The number of anilines is 1. The fourth-order valence-corrected chi connectivity index (χ4v) is 6.46. The van der Waals surface area contributed by atoms with Crippen molar-refractivity contribution in [3.05, 3.63) is 66.7 Å². The van der Waals surface area contributed by atoms with Crippen LogP contribution in [0.3, 0.4) is 0 Å². The number of imide groups is 1. The number of hydrogen-bond acceptors (Lipinski definition) is 5. The van der Waals surface area contributed by atoms with E-state index in [2.05, 4.69) is 0 Å². The maximum Gasteiger partial charge on any atom is 0.252 e. The molecule has 0 radical (unpaired) electrons. The number of carbonyl (C=O) groups is 2. The van der Waals surface area contributed by atoms with Gasteiger partial charge in [0.2, 0.25) is 15.9 Å². The molecule has 3 aromatic carbocycles. The van der Waals surface area contributed by atoms with Gasteiger partial charge in [-0.25, -0.2) is 13.3 Å². The fourth-order valence-electron chi connectivity index (χ4n) is 4.44. The molecule has 7 nitrogen and oxygen atoms in total. The van der Waals surface area contributed by atoms with Crippen molar-refractivity contribution < 1.29 is 22.7 Å². The van der Waals surface area contributed by atoms with Crippen molar-refractivity contribution in [2.24, 2.45) is 0 Å². The van der Waals surface area contributed by atoms with Crippen molar-refractivity contribution in [1.29, 1.82) is 0 Å². The van der Waals surface area contributed by atoms with Crippen molar-refractivity contribution >= 4 is 38.3 Å². The molecule has 1 aliphatic rings. The van der Waals surface area contributed by atoms with Crippen molar-refractivity contribution in [1.82, 2.24) is 4.31 Å². The first-order valence-corrected chi connectivity index (χ1v) is 13.2. The molecule has 1 unspecified atom stereocenters. The van der Waals surface area contributed by atoms with Crippen LogP contribution in [-0.2, 0) is 19.6 Å². The number of fused-ring (bicyclic) bond motifs is 1. The van der Waals surface area contributed by atoms with Gasteiger partial charge in [-0.05, 0) is 74.4 Å². The van der Waals surface area contributed by atoms with Gasteiger partial charge in [-0.2, -0.15) is 4.31 Å². The third-order valence-corrected chi connectivity index (χ3v) is 8.67. The van der Waals surface area contributed by atoms with Crippen LogP contribution < -0.4 is 9.64 Å². The van der Waals surface area contributed by atoms with Crippen LogP contribution in [-0.4, -0.2) is 42.7 Å². The van der Waals surface area contributed by atoms with Crippen molar-refractivity contribution in [2.75, 3.05) is 11.5 Å². The minimum absolute atomic E-state index is 0.0949. The van der Waals surface area contributed by atoms with E-state index in [1.165, 1.54) is 4.31 Å². The number of benzene rings is 3. The van der Waals surface area contributed by atoms with Gasteiger partial charge in [0.25, 0.3) is 5.91 Å². The molecule has 0 saturated carbocycles. The Labute approximate surface area is 206 Å². The summed E-state index contributed by atoms with van der Waals surface area (Å²) in [7, 11) is -4.11. The van der Waals surface area contributed by atoms with E-state index in [0.29, 0.717) is 24.5 Å². The normalized spacial score (nSPS) is 16.9. The van der Waals surface area contributed by atoms with E-state index in [1.54, 1.807) is 56.3 Å². The molecular formula is C27H30N2O5S. The number of rotatable bonds is 8. The molecule has 0 N–H and O–H groups in total. The zero-order chi connectivity index (χ0) is 25.4. The molecule has 0 spiro atoms. The minimum atomic E-state index is -4.11. The molecule has 1 atom stereocenters. The third-order valence-electron chi connectivity index (χ3n) is 6.55. The van der Waals surface area contributed by atoms with Gasteiger partial charge < -0.3 is 4.74 Å². The van der Waals surface area contributed by atoms with Gasteiger partial charge in [-0.15, -0.1) is 0 Å². The predicted octanol–water partition coefficient (Wildman–Crippen LogP) is 4.75. The zero-order valence-electron chi connectivity index (χ0n) is 20.4. The number of ether oxygens (including phenoxy) is 1. The largest absolute Gasteiger partial charge is 0.494 e. The summed E-state index contributed by atoms with van der Waals surface area (Å²) in [5.41, 5.74) is -0.511. The molecule has 2 amide bonds. The maximum atomic E-state index is 14.0. The number of nitrogens with zero attached hydrogens (tertiary/aromatic N) is 2. The summed E-state index contributed by atoms with van der Waals surface area (Å²) in [4.78, 5) is 27.8. The van der Waals surface area contributed by atoms with E-state index in [-0.39, 0.29) is 11.3 Å². The van der Waals surface area contributed by atoms with Gasteiger partial charge >= 0.3 is 0 Å². The average molecular weight is 495 g/mol. The summed E-state index contributed by atoms with van der Waals surface area (Å²) in [6, 6.07) is 17.9. The Morgan fingerprint density at radius 2 is 1.63 bits per heavy atom. The van der Waals surface area contributed by atoms with Crippen LogP contribution in [0.15, 0.2) is 71.6 Å². The Morgan fingerprint density at radius 1 is 0.971 bits per heavy atom. The van der Waals surface area contributed by atoms with Gasteiger partial charge in [0.15, 0.2) is 0 Å². The second-order valence-electron chi connectivity index (χ2n) is 9.19. The van der Waals surface area contributed by atoms with E-state index in [1.807, 2.05) is 38.1 Å². The van der Waals surface area contributed by atoms with E-state index in [4.69, 9.17) is 4.74 Å². The highest BCUT2D eigenvalue weighted by Gasteiger charge is 2.51. The van der Waals surface area contributed by atoms with E-state index < -0.39 is 33.4 Å². The topological polar surface area (TPSA) is 84.0 Å². The monoisotopic (exact) mass is 494 g/mol. The number of hydrogen-bond donors (Lipinski definition) is 0. The summed E-state index contributed by atoms with van der Waals surface area (Å²) in [5.74, 6) is -0.362. The molecule has 1 aliphatic heterocycles. The van der Waals surface area contributed by atoms with Crippen LogP contribution in [0.5, 0.6) is 5.75 Å². The Bertz CT molecular complexity index is 1370. The molecule has 0 aliphatic carbocycles. The van der Waals surface area contributed by atoms with Crippen molar-refractivity contribution in [2.45, 2.75) is 57.0 Å². The molecule has 0 bridgehead atoms. The Morgan fingerprint density at radius 3 is 2.26 bits per heavy atom. The fraction of sp³-hybridized carbons (Fsp3) is 0.333. The number of amides is 2.